The van der Waals surface area contributed by atoms with Crippen LogP contribution in [0.2, 0.25) is 0 Å². The number of benzene rings is 1. The normalized spacial score (nSPS) is 10.6. The van der Waals surface area contributed by atoms with E-state index in [1.807, 2.05) is 0 Å². The molecule has 1 aromatic carbocycles. The van der Waals surface area contributed by atoms with Crippen molar-refractivity contribution in [2.75, 3.05) is 6.54 Å². The Balaban J connectivity index is 2.35. The van der Waals surface area contributed by atoms with Crippen LogP contribution in [0.25, 0.3) is 6.08 Å². The van der Waals surface area contributed by atoms with E-state index in [0.717, 1.165) is 11.8 Å². The maximum absolute atomic E-state index is 10.6. The van der Waals surface area contributed by atoms with Crippen LogP contribution < -0.4 is 5.32 Å². The molecule has 1 rings (SSSR count). The Bertz CT molecular complexity index is 357. The summed E-state index contributed by atoms with van der Waals surface area (Å²) in [6.07, 6.45) is 5.00. The molecule has 0 aliphatic rings. The summed E-state index contributed by atoms with van der Waals surface area (Å²) in [7, 11) is 0. The Morgan fingerprint density at radius 3 is 2.62 bits per heavy atom. The van der Waals surface area contributed by atoms with Crippen molar-refractivity contribution in [3.8, 4) is 0 Å². The van der Waals surface area contributed by atoms with E-state index in [2.05, 4.69) is 57.7 Å². The van der Waals surface area contributed by atoms with Crippen LogP contribution in [-0.4, -0.2) is 12.5 Å². The van der Waals surface area contributed by atoms with E-state index in [0.29, 0.717) is 6.54 Å². The molecular formula is C13H16BrNO. The van der Waals surface area contributed by atoms with Crippen LogP contribution in [0, 0.1) is 0 Å². The highest BCUT2D eigenvalue weighted by atomic mass is 79.9. The van der Waals surface area contributed by atoms with Gasteiger partial charge in [0.05, 0.1) is 0 Å². The van der Waals surface area contributed by atoms with Crippen molar-refractivity contribution >= 4 is 27.9 Å². The molecule has 0 bridgehead atoms. The molecule has 0 radical (unpaired) electrons. The third-order valence-electron chi connectivity index (χ3n) is 2.13. The van der Waals surface area contributed by atoms with E-state index in [9.17, 15) is 4.79 Å². The predicted octanol–water partition coefficient (Wildman–Crippen LogP) is 3.12. The summed E-state index contributed by atoms with van der Waals surface area (Å²) in [5, 5.41) is 3.64. The standard InChI is InChI=1S/C13H16BrNO/c1-11(16)15-9-3-2-4-12-5-7-13(10-14)8-6-12/h2,4-8H,3,9-10H2,1H3,(H,15,16). The largest absolute Gasteiger partial charge is 0.356 e. The fraction of sp³-hybridized carbons (Fsp3) is 0.308. The first-order valence-corrected chi connectivity index (χ1v) is 6.40. The lowest BCUT2D eigenvalue weighted by atomic mass is 10.1. The van der Waals surface area contributed by atoms with Gasteiger partial charge in [-0.3, -0.25) is 4.79 Å². The van der Waals surface area contributed by atoms with Crippen LogP contribution in [0.15, 0.2) is 30.3 Å². The van der Waals surface area contributed by atoms with Gasteiger partial charge in [-0.15, -0.1) is 0 Å². The Labute approximate surface area is 105 Å². The fourth-order valence-corrected chi connectivity index (χ4v) is 1.64. The molecule has 0 aromatic heterocycles. The van der Waals surface area contributed by atoms with Gasteiger partial charge >= 0.3 is 0 Å². The number of rotatable bonds is 5. The zero-order chi connectivity index (χ0) is 11.8. The number of carbonyl (C=O) groups excluding carboxylic acids is 1. The van der Waals surface area contributed by atoms with Crippen molar-refractivity contribution in [1.82, 2.24) is 5.32 Å². The second kappa shape index (κ2) is 7.23. The van der Waals surface area contributed by atoms with Crippen LogP contribution in [0.3, 0.4) is 0 Å². The topological polar surface area (TPSA) is 29.1 Å². The number of hydrogen-bond acceptors (Lipinski definition) is 1. The highest BCUT2D eigenvalue weighted by Crippen LogP contribution is 2.09. The maximum Gasteiger partial charge on any atom is 0.216 e. The highest BCUT2D eigenvalue weighted by molar-refractivity contribution is 9.08. The summed E-state index contributed by atoms with van der Waals surface area (Å²) in [4.78, 5) is 10.6. The molecule has 0 aliphatic carbocycles. The van der Waals surface area contributed by atoms with Crippen LogP contribution in [-0.2, 0) is 10.1 Å². The molecule has 1 amide bonds. The summed E-state index contributed by atoms with van der Waals surface area (Å²) in [6.45, 7) is 2.23. The number of amides is 1. The zero-order valence-corrected chi connectivity index (χ0v) is 11.0. The van der Waals surface area contributed by atoms with Crippen molar-refractivity contribution < 1.29 is 4.79 Å². The molecule has 0 fully saturated rings. The van der Waals surface area contributed by atoms with Gasteiger partial charge in [0, 0.05) is 18.8 Å². The zero-order valence-electron chi connectivity index (χ0n) is 9.37. The van der Waals surface area contributed by atoms with Gasteiger partial charge < -0.3 is 5.32 Å². The van der Waals surface area contributed by atoms with E-state index >= 15 is 0 Å². The first kappa shape index (κ1) is 13.0. The molecular weight excluding hydrogens is 266 g/mol. The minimum absolute atomic E-state index is 0.0232. The molecule has 1 N–H and O–H groups in total. The Morgan fingerprint density at radius 2 is 2.06 bits per heavy atom. The molecule has 0 unspecified atom stereocenters. The Hall–Kier alpha value is -1.09. The minimum Gasteiger partial charge on any atom is -0.356 e. The second-order valence-electron chi connectivity index (χ2n) is 3.55. The number of hydrogen-bond donors (Lipinski definition) is 1. The van der Waals surface area contributed by atoms with Crippen LogP contribution in [0.4, 0.5) is 0 Å². The monoisotopic (exact) mass is 281 g/mol. The molecule has 16 heavy (non-hydrogen) atoms. The van der Waals surface area contributed by atoms with Crippen LogP contribution in [0.1, 0.15) is 24.5 Å². The number of halogens is 1. The van der Waals surface area contributed by atoms with E-state index in [4.69, 9.17) is 0 Å². The molecule has 0 atom stereocenters. The van der Waals surface area contributed by atoms with Gasteiger partial charge in [0.2, 0.25) is 5.91 Å². The molecule has 0 spiro atoms. The fourth-order valence-electron chi connectivity index (χ4n) is 1.27. The molecule has 0 aliphatic heterocycles. The molecule has 0 saturated heterocycles. The van der Waals surface area contributed by atoms with Crippen LogP contribution in [0.5, 0.6) is 0 Å². The molecule has 2 nitrogen and oxygen atoms in total. The minimum atomic E-state index is 0.0232. The number of nitrogens with one attached hydrogen (secondary N) is 1. The SMILES string of the molecule is CC(=O)NCCC=Cc1ccc(CBr)cc1. The van der Waals surface area contributed by atoms with Gasteiger partial charge in [0.25, 0.3) is 0 Å². The third kappa shape index (κ3) is 5.12. The lowest BCUT2D eigenvalue weighted by Crippen LogP contribution is -2.20. The van der Waals surface area contributed by atoms with E-state index in [1.165, 1.54) is 18.1 Å². The van der Waals surface area contributed by atoms with Gasteiger partial charge in [0.1, 0.15) is 0 Å². The smallest absolute Gasteiger partial charge is 0.216 e. The van der Waals surface area contributed by atoms with Crippen LogP contribution >= 0.6 is 15.9 Å². The first-order valence-electron chi connectivity index (χ1n) is 5.28. The summed E-state index contributed by atoms with van der Waals surface area (Å²) >= 11 is 3.41. The predicted molar refractivity (Wildman–Crippen MR) is 71.4 cm³/mol. The highest BCUT2D eigenvalue weighted by Gasteiger charge is 1.90. The van der Waals surface area contributed by atoms with E-state index < -0.39 is 0 Å². The lowest BCUT2D eigenvalue weighted by molar-refractivity contribution is -0.118. The molecule has 1 aromatic rings. The van der Waals surface area contributed by atoms with Gasteiger partial charge in [-0.1, -0.05) is 52.3 Å². The molecule has 0 saturated carbocycles. The molecule has 86 valence electrons. The van der Waals surface area contributed by atoms with Gasteiger partial charge in [0.15, 0.2) is 0 Å². The summed E-state index contributed by atoms with van der Waals surface area (Å²) < 4.78 is 0. The van der Waals surface area contributed by atoms with Gasteiger partial charge in [-0.2, -0.15) is 0 Å². The number of carbonyl (C=O) groups is 1. The second-order valence-corrected chi connectivity index (χ2v) is 4.11. The van der Waals surface area contributed by atoms with Crippen molar-refractivity contribution in [2.45, 2.75) is 18.7 Å². The van der Waals surface area contributed by atoms with E-state index in [1.54, 1.807) is 0 Å². The average molecular weight is 282 g/mol. The Morgan fingerprint density at radius 1 is 1.38 bits per heavy atom. The maximum atomic E-state index is 10.6. The van der Waals surface area contributed by atoms with E-state index in [-0.39, 0.29) is 5.91 Å². The molecule has 3 heteroatoms. The van der Waals surface area contributed by atoms with Crippen molar-refractivity contribution in [3.05, 3.63) is 41.5 Å². The molecule has 0 heterocycles. The van der Waals surface area contributed by atoms with Gasteiger partial charge in [-0.05, 0) is 17.5 Å². The Kier molecular flexibility index (Phi) is 5.86. The third-order valence-corrected chi connectivity index (χ3v) is 2.78. The first-order chi connectivity index (χ1) is 7.72. The van der Waals surface area contributed by atoms with Crippen molar-refractivity contribution in [3.63, 3.8) is 0 Å². The summed E-state index contributed by atoms with van der Waals surface area (Å²) in [6, 6.07) is 8.38. The average Bonchev–Trinajstić information content (AvgIpc) is 2.29. The lowest BCUT2D eigenvalue weighted by Gasteiger charge is -1.98. The quantitative estimate of drug-likeness (QED) is 0.652. The number of alkyl halides is 1. The summed E-state index contributed by atoms with van der Waals surface area (Å²) in [5.41, 5.74) is 2.46. The van der Waals surface area contributed by atoms with Gasteiger partial charge in [-0.25, -0.2) is 0 Å². The van der Waals surface area contributed by atoms with Crippen molar-refractivity contribution in [2.24, 2.45) is 0 Å². The summed E-state index contributed by atoms with van der Waals surface area (Å²) in [5.74, 6) is 0.0232. The van der Waals surface area contributed by atoms with Crippen molar-refractivity contribution in [1.29, 1.82) is 0 Å².